The molecule has 1 heterocycles. The molecule has 0 spiro atoms. The second kappa shape index (κ2) is 4.87. The van der Waals surface area contributed by atoms with Crippen molar-refractivity contribution in [3.05, 3.63) is 64.2 Å². The quantitative estimate of drug-likeness (QED) is 0.674. The zero-order valence-corrected chi connectivity index (χ0v) is 12.2. The Labute approximate surface area is 121 Å². The fraction of sp³-hybridized carbons (Fsp3) is 0.188. The first kappa shape index (κ1) is 13.1. The number of fused-ring (bicyclic) bond motifs is 1. The maximum atomic E-state index is 13.3. The van der Waals surface area contributed by atoms with Gasteiger partial charge in [-0.3, -0.25) is 0 Å². The summed E-state index contributed by atoms with van der Waals surface area (Å²) in [6.45, 7) is 4.16. The molecule has 4 heteroatoms. The largest absolute Gasteiger partial charge is 0.330 e. The number of nitrogens with one attached hydrogen (secondary N) is 1. The average molecular weight is 286 g/mol. The third-order valence-electron chi connectivity index (χ3n) is 3.63. The summed E-state index contributed by atoms with van der Waals surface area (Å²) in [6.07, 6.45) is 0. The number of hydrogen-bond acceptors (Lipinski definition) is 1. The van der Waals surface area contributed by atoms with Gasteiger partial charge in [-0.2, -0.15) is 0 Å². The van der Waals surface area contributed by atoms with Crippen molar-refractivity contribution in [3.8, 4) is 0 Å². The Morgan fingerprint density at radius 1 is 1.15 bits per heavy atom. The first-order valence-corrected chi connectivity index (χ1v) is 6.93. The minimum atomic E-state index is -0.260. The van der Waals surface area contributed by atoms with Crippen LogP contribution in [-0.2, 0) is 0 Å². The van der Waals surface area contributed by atoms with Crippen LogP contribution >= 0.6 is 12.2 Å². The second-order valence-corrected chi connectivity index (χ2v) is 5.43. The van der Waals surface area contributed by atoms with Crippen molar-refractivity contribution in [3.63, 3.8) is 0 Å². The Hall–Kier alpha value is -1.94. The summed E-state index contributed by atoms with van der Waals surface area (Å²) < 4.78 is 15.9. The molecule has 1 atom stereocenters. The van der Waals surface area contributed by atoms with E-state index in [9.17, 15) is 4.39 Å². The minimum Gasteiger partial charge on any atom is -0.330 e. The summed E-state index contributed by atoms with van der Waals surface area (Å²) in [7, 11) is 0. The molecule has 2 nitrogen and oxygen atoms in total. The lowest BCUT2D eigenvalue weighted by Gasteiger charge is -2.15. The highest BCUT2D eigenvalue weighted by atomic mass is 32.1. The highest BCUT2D eigenvalue weighted by Gasteiger charge is 2.13. The highest BCUT2D eigenvalue weighted by molar-refractivity contribution is 7.71. The van der Waals surface area contributed by atoms with Gasteiger partial charge in [0.25, 0.3) is 0 Å². The van der Waals surface area contributed by atoms with Crippen LogP contribution in [0.1, 0.15) is 24.1 Å². The van der Waals surface area contributed by atoms with Crippen molar-refractivity contribution in [1.82, 2.24) is 9.55 Å². The number of hydrogen-bond donors (Lipinski definition) is 1. The molecule has 0 saturated carbocycles. The second-order valence-electron chi connectivity index (χ2n) is 5.05. The van der Waals surface area contributed by atoms with Crippen molar-refractivity contribution in [2.24, 2.45) is 0 Å². The lowest BCUT2D eigenvalue weighted by Crippen LogP contribution is -2.06. The number of aromatic nitrogens is 2. The Kier molecular flexibility index (Phi) is 3.18. The van der Waals surface area contributed by atoms with Gasteiger partial charge in [0.15, 0.2) is 4.77 Å². The molecule has 0 bridgehead atoms. The van der Waals surface area contributed by atoms with Gasteiger partial charge in [-0.1, -0.05) is 29.8 Å². The molecule has 3 aromatic rings. The molecular weight excluding hydrogens is 271 g/mol. The van der Waals surface area contributed by atoms with Crippen molar-refractivity contribution in [2.75, 3.05) is 0 Å². The van der Waals surface area contributed by atoms with Gasteiger partial charge in [0.1, 0.15) is 5.82 Å². The maximum Gasteiger partial charge on any atom is 0.178 e. The molecule has 2 aromatic carbocycles. The van der Waals surface area contributed by atoms with E-state index in [2.05, 4.69) is 43.1 Å². The third-order valence-corrected chi connectivity index (χ3v) is 3.92. The van der Waals surface area contributed by atoms with Crippen LogP contribution in [0.4, 0.5) is 4.39 Å². The molecule has 1 unspecified atom stereocenters. The van der Waals surface area contributed by atoms with Crippen LogP contribution in [0.25, 0.3) is 11.0 Å². The van der Waals surface area contributed by atoms with Crippen LogP contribution in [0.5, 0.6) is 0 Å². The van der Waals surface area contributed by atoms with Crippen LogP contribution in [-0.4, -0.2) is 9.55 Å². The van der Waals surface area contributed by atoms with Crippen molar-refractivity contribution in [1.29, 1.82) is 0 Å². The molecule has 0 aliphatic carbocycles. The monoisotopic (exact) mass is 286 g/mol. The molecule has 0 amide bonds. The number of H-pyrrole nitrogens is 1. The first-order chi connectivity index (χ1) is 9.56. The number of nitrogens with zero attached hydrogens (tertiary/aromatic N) is 1. The van der Waals surface area contributed by atoms with Gasteiger partial charge in [-0.05, 0) is 49.8 Å². The van der Waals surface area contributed by atoms with E-state index in [1.54, 1.807) is 6.07 Å². The molecule has 102 valence electrons. The van der Waals surface area contributed by atoms with Gasteiger partial charge in [0, 0.05) is 0 Å². The number of aryl methyl sites for hydroxylation is 1. The summed E-state index contributed by atoms with van der Waals surface area (Å²) in [4.78, 5) is 3.07. The lowest BCUT2D eigenvalue weighted by molar-refractivity contribution is 0.628. The van der Waals surface area contributed by atoms with E-state index in [1.165, 1.54) is 23.3 Å². The summed E-state index contributed by atoms with van der Waals surface area (Å²) in [6, 6.07) is 13.2. The Bertz CT molecular complexity index is 815. The smallest absolute Gasteiger partial charge is 0.178 e. The van der Waals surface area contributed by atoms with E-state index < -0.39 is 0 Å². The van der Waals surface area contributed by atoms with E-state index in [-0.39, 0.29) is 11.9 Å². The zero-order chi connectivity index (χ0) is 14.3. The molecule has 0 saturated heterocycles. The first-order valence-electron chi connectivity index (χ1n) is 6.52. The van der Waals surface area contributed by atoms with Crippen molar-refractivity contribution < 1.29 is 4.39 Å². The van der Waals surface area contributed by atoms with Crippen LogP contribution in [0, 0.1) is 17.5 Å². The minimum absolute atomic E-state index is 0.0994. The van der Waals surface area contributed by atoms with Gasteiger partial charge in [0.2, 0.25) is 0 Å². The molecule has 0 fully saturated rings. The van der Waals surface area contributed by atoms with E-state index >= 15 is 0 Å². The normalized spacial score (nSPS) is 12.8. The molecular formula is C16H15FN2S. The van der Waals surface area contributed by atoms with E-state index in [1.807, 2.05) is 4.57 Å². The number of rotatable bonds is 2. The van der Waals surface area contributed by atoms with E-state index in [0.717, 1.165) is 11.0 Å². The molecule has 0 aliphatic rings. The predicted molar refractivity (Wildman–Crippen MR) is 82.1 cm³/mol. The molecule has 3 rings (SSSR count). The Morgan fingerprint density at radius 2 is 1.85 bits per heavy atom. The molecule has 1 aromatic heterocycles. The molecule has 1 N–H and O–H groups in total. The average Bonchev–Trinajstić information content (AvgIpc) is 2.73. The van der Waals surface area contributed by atoms with E-state index in [4.69, 9.17) is 12.2 Å². The summed E-state index contributed by atoms with van der Waals surface area (Å²) in [5.41, 5.74) is 4.06. The van der Waals surface area contributed by atoms with Crippen LogP contribution in [0.15, 0.2) is 42.5 Å². The predicted octanol–water partition coefficient (Wildman–Crippen LogP) is 4.76. The van der Waals surface area contributed by atoms with Gasteiger partial charge in [-0.25, -0.2) is 4.39 Å². The van der Waals surface area contributed by atoms with Gasteiger partial charge in [-0.15, -0.1) is 0 Å². The van der Waals surface area contributed by atoms with Crippen LogP contribution in [0.2, 0.25) is 0 Å². The SMILES string of the molecule is Cc1ccc(C(C)n2c(=S)[nH]c3cc(F)ccc32)cc1. The fourth-order valence-electron chi connectivity index (χ4n) is 2.48. The fourth-order valence-corrected chi connectivity index (χ4v) is 2.85. The third kappa shape index (κ3) is 2.16. The molecule has 20 heavy (non-hydrogen) atoms. The number of halogens is 1. The van der Waals surface area contributed by atoms with Crippen LogP contribution < -0.4 is 0 Å². The summed E-state index contributed by atoms with van der Waals surface area (Å²) >= 11 is 5.38. The van der Waals surface area contributed by atoms with Gasteiger partial charge >= 0.3 is 0 Å². The summed E-state index contributed by atoms with van der Waals surface area (Å²) in [5.74, 6) is -0.260. The number of aromatic amines is 1. The Morgan fingerprint density at radius 3 is 2.55 bits per heavy atom. The number of benzene rings is 2. The molecule has 0 aliphatic heterocycles. The molecule has 0 radical (unpaired) electrons. The maximum absolute atomic E-state index is 13.3. The Balaban J connectivity index is 2.16. The topological polar surface area (TPSA) is 20.7 Å². The highest BCUT2D eigenvalue weighted by Crippen LogP contribution is 2.25. The summed E-state index contributed by atoms with van der Waals surface area (Å²) in [5, 5.41) is 0. The van der Waals surface area contributed by atoms with Gasteiger partial charge in [0.05, 0.1) is 17.1 Å². The lowest BCUT2D eigenvalue weighted by atomic mass is 10.1. The van der Waals surface area contributed by atoms with Crippen LogP contribution in [0.3, 0.4) is 0 Å². The number of imidazole rings is 1. The van der Waals surface area contributed by atoms with Crippen molar-refractivity contribution in [2.45, 2.75) is 19.9 Å². The van der Waals surface area contributed by atoms with E-state index in [0.29, 0.717) is 4.77 Å². The standard InChI is InChI=1S/C16H15FN2S/c1-10-3-5-12(6-4-10)11(2)19-15-8-7-13(17)9-14(15)18-16(19)20/h3-9,11H,1-2H3,(H,18,20). The van der Waals surface area contributed by atoms with Crippen molar-refractivity contribution >= 4 is 23.3 Å². The van der Waals surface area contributed by atoms with Gasteiger partial charge < -0.3 is 9.55 Å². The zero-order valence-electron chi connectivity index (χ0n) is 11.4.